The van der Waals surface area contributed by atoms with Gasteiger partial charge in [-0.25, -0.2) is 4.79 Å². The highest BCUT2D eigenvalue weighted by Crippen LogP contribution is 2.26. The first-order chi connectivity index (χ1) is 7.31. The average Bonchev–Trinajstić information content (AvgIpc) is 2.15. The lowest BCUT2D eigenvalue weighted by molar-refractivity contribution is 0.0145. The number of hydrogen-bond acceptors (Lipinski definition) is 2. The quantitative estimate of drug-likeness (QED) is 0.707. The summed E-state index contributed by atoms with van der Waals surface area (Å²) in [6.45, 7) is 10.0. The Morgan fingerprint density at radius 1 is 1.44 bits per heavy atom. The summed E-state index contributed by atoms with van der Waals surface area (Å²) in [6.07, 6.45) is 2.66. The fourth-order valence-electron chi connectivity index (χ4n) is 1.80. The van der Waals surface area contributed by atoms with Crippen LogP contribution in [0.4, 0.5) is 4.79 Å². The Hall–Kier alpha value is -0.700. The summed E-state index contributed by atoms with van der Waals surface area (Å²) in [5, 5.41) is 0.519. The maximum absolute atomic E-state index is 11.9. The van der Waals surface area contributed by atoms with Gasteiger partial charge in [-0.1, -0.05) is 18.2 Å². The summed E-state index contributed by atoms with van der Waals surface area (Å²) in [7, 11) is 0. The summed E-state index contributed by atoms with van der Waals surface area (Å²) in [5.41, 5.74) is -0.466. The molecular formula is C12H20ClNO2. The SMILES string of the molecule is C=C(Cl)[C@H]1CCCCN1C(=O)OC(C)(C)C. The van der Waals surface area contributed by atoms with Crippen LogP contribution in [-0.4, -0.2) is 29.2 Å². The minimum absolute atomic E-state index is 0.0785. The molecule has 0 aromatic heterocycles. The fourth-order valence-corrected chi connectivity index (χ4v) is 2.02. The van der Waals surface area contributed by atoms with Crippen LogP contribution in [0.1, 0.15) is 40.0 Å². The molecule has 0 bridgehead atoms. The number of carbonyl (C=O) groups is 1. The molecule has 0 aromatic rings. The summed E-state index contributed by atoms with van der Waals surface area (Å²) >= 11 is 5.92. The number of piperidine rings is 1. The Labute approximate surface area is 102 Å². The molecule has 1 heterocycles. The molecule has 0 unspecified atom stereocenters. The Morgan fingerprint density at radius 3 is 2.56 bits per heavy atom. The van der Waals surface area contributed by atoms with Crippen LogP contribution in [0.3, 0.4) is 0 Å². The number of ether oxygens (including phenoxy) is 1. The third kappa shape index (κ3) is 3.71. The van der Waals surface area contributed by atoms with Crippen molar-refractivity contribution in [1.29, 1.82) is 0 Å². The second kappa shape index (κ2) is 5.09. The van der Waals surface area contributed by atoms with Crippen molar-refractivity contribution in [1.82, 2.24) is 4.90 Å². The molecule has 1 atom stereocenters. The molecule has 0 spiro atoms. The first kappa shape index (κ1) is 13.4. The van der Waals surface area contributed by atoms with Gasteiger partial charge in [0.2, 0.25) is 0 Å². The summed E-state index contributed by atoms with van der Waals surface area (Å²) in [5.74, 6) is 0. The second-order valence-electron chi connectivity index (χ2n) is 5.13. The molecule has 0 saturated carbocycles. The monoisotopic (exact) mass is 245 g/mol. The summed E-state index contributed by atoms with van der Waals surface area (Å²) in [4.78, 5) is 13.6. The number of rotatable bonds is 1. The summed E-state index contributed by atoms with van der Waals surface area (Å²) < 4.78 is 5.34. The van der Waals surface area contributed by atoms with Gasteiger partial charge in [0.1, 0.15) is 5.60 Å². The van der Waals surface area contributed by atoms with Crippen LogP contribution in [0.25, 0.3) is 0 Å². The van der Waals surface area contributed by atoms with Crippen LogP contribution in [0.15, 0.2) is 11.6 Å². The van der Waals surface area contributed by atoms with Crippen molar-refractivity contribution < 1.29 is 9.53 Å². The number of halogens is 1. The van der Waals surface area contributed by atoms with E-state index in [2.05, 4.69) is 6.58 Å². The van der Waals surface area contributed by atoms with E-state index in [0.29, 0.717) is 11.6 Å². The van der Waals surface area contributed by atoms with Crippen molar-refractivity contribution in [2.24, 2.45) is 0 Å². The minimum atomic E-state index is -0.466. The van der Waals surface area contributed by atoms with E-state index in [1.54, 1.807) is 4.90 Å². The van der Waals surface area contributed by atoms with E-state index in [0.717, 1.165) is 19.3 Å². The number of carbonyl (C=O) groups excluding carboxylic acids is 1. The standard InChI is InChI=1S/C12H20ClNO2/c1-9(13)10-7-5-6-8-14(10)11(15)16-12(2,3)4/h10H,1,5-8H2,2-4H3/t10-/m1/s1. The van der Waals surface area contributed by atoms with Gasteiger partial charge >= 0.3 is 6.09 Å². The topological polar surface area (TPSA) is 29.5 Å². The van der Waals surface area contributed by atoms with Crippen molar-refractivity contribution >= 4 is 17.7 Å². The van der Waals surface area contributed by atoms with Gasteiger partial charge in [-0.3, -0.25) is 0 Å². The van der Waals surface area contributed by atoms with E-state index < -0.39 is 5.60 Å². The molecule has 0 radical (unpaired) electrons. The maximum Gasteiger partial charge on any atom is 0.410 e. The Morgan fingerprint density at radius 2 is 2.06 bits per heavy atom. The zero-order valence-corrected chi connectivity index (χ0v) is 11.0. The highest BCUT2D eigenvalue weighted by Gasteiger charge is 2.31. The van der Waals surface area contributed by atoms with E-state index in [1.807, 2.05) is 20.8 Å². The van der Waals surface area contributed by atoms with Crippen molar-refractivity contribution in [3.63, 3.8) is 0 Å². The van der Waals surface area contributed by atoms with Gasteiger partial charge in [-0.05, 0) is 40.0 Å². The third-order valence-corrected chi connectivity index (χ3v) is 2.74. The lowest BCUT2D eigenvalue weighted by Gasteiger charge is -2.36. The van der Waals surface area contributed by atoms with Crippen LogP contribution >= 0.6 is 11.6 Å². The molecule has 92 valence electrons. The maximum atomic E-state index is 11.9. The lowest BCUT2D eigenvalue weighted by atomic mass is 10.0. The van der Waals surface area contributed by atoms with Crippen LogP contribution in [0.2, 0.25) is 0 Å². The molecule has 1 aliphatic heterocycles. The third-order valence-electron chi connectivity index (χ3n) is 2.49. The van der Waals surface area contributed by atoms with E-state index in [1.165, 1.54) is 0 Å². The molecule has 1 saturated heterocycles. The number of nitrogens with zero attached hydrogens (tertiary/aromatic N) is 1. The van der Waals surface area contributed by atoms with Gasteiger partial charge in [-0.2, -0.15) is 0 Å². The highest BCUT2D eigenvalue weighted by atomic mass is 35.5. The first-order valence-electron chi connectivity index (χ1n) is 5.65. The first-order valence-corrected chi connectivity index (χ1v) is 6.03. The van der Waals surface area contributed by atoms with Gasteiger partial charge in [0, 0.05) is 11.6 Å². The van der Waals surface area contributed by atoms with Gasteiger partial charge in [0.15, 0.2) is 0 Å². The van der Waals surface area contributed by atoms with E-state index in [-0.39, 0.29) is 12.1 Å². The summed E-state index contributed by atoms with van der Waals surface area (Å²) in [6, 6.07) is -0.0785. The zero-order chi connectivity index (χ0) is 12.3. The molecule has 3 nitrogen and oxygen atoms in total. The van der Waals surface area contributed by atoms with Gasteiger partial charge < -0.3 is 9.64 Å². The molecule has 1 fully saturated rings. The van der Waals surface area contributed by atoms with E-state index >= 15 is 0 Å². The Kier molecular flexibility index (Phi) is 4.25. The van der Waals surface area contributed by atoms with Gasteiger partial charge in [-0.15, -0.1) is 0 Å². The normalized spacial score (nSPS) is 21.8. The van der Waals surface area contributed by atoms with Crippen molar-refractivity contribution in [2.75, 3.05) is 6.54 Å². The van der Waals surface area contributed by atoms with Crippen molar-refractivity contribution in [3.05, 3.63) is 11.6 Å². The van der Waals surface area contributed by atoms with Crippen molar-refractivity contribution in [2.45, 2.75) is 51.7 Å². The Bertz CT molecular complexity index is 283. The average molecular weight is 246 g/mol. The lowest BCUT2D eigenvalue weighted by Crippen LogP contribution is -2.46. The predicted octanol–water partition coefficient (Wildman–Crippen LogP) is 3.53. The number of likely N-dealkylation sites (tertiary alicyclic amines) is 1. The molecule has 1 amide bonds. The molecular weight excluding hydrogens is 226 g/mol. The molecule has 0 aliphatic carbocycles. The Balaban J connectivity index is 2.68. The number of amides is 1. The van der Waals surface area contributed by atoms with Gasteiger partial charge in [0.25, 0.3) is 0 Å². The molecule has 1 rings (SSSR count). The molecule has 0 N–H and O–H groups in total. The van der Waals surface area contributed by atoms with Gasteiger partial charge in [0.05, 0.1) is 6.04 Å². The second-order valence-corrected chi connectivity index (χ2v) is 5.62. The number of hydrogen-bond donors (Lipinski definition) is 0. The minimum Gasteiger partial charge on any atom is -0.444 e. The smallest absolute Gasteiger partial charge is 0.410 e. The van der Waals surface area contributed by atoms with Crippen LogP contribution in [-0.2, 0) is 4.74 Å². The largest absolute Gasteiger partial charge is 0.444 e. The van der Waals surface area contributed by atoms with E-state index in [9.17, 15) is 4.79 Å². The molecule has 0 aromatic carbocycles. The van der Waals surface area contributed by atoms with Crippen molar-refractivity contribution in [3.8, 4) is 0 Å². The van der Waals surface area contributed by atoms with Crippen LogP contribution in [0.5, 0.6) is 0 Å². The van der Waals surface area contributed by atoms with Crippen LogP contribution in [0, 0.1) is 0 Å². The van der Waals surface area contributed by atoms with Crippen LogP contribution < -0.4 is 0 Å². The zero-order valence-electron chi connectivity index (χ0n) is 10.3. The molecule has 1 aliphatic rings. The predicted molar refractivity (Wildman–Crippen MR) is 65.6 cm³/mol. The van der Waals surface area contributed by atoms with E-state index in [4.69, 9.17) is 16.3 Å². The molecule has 4 heteroatoms. The fraction of sp³-hybridized carbons (Fsp3) is 0.750. The highest BCUT2D eigenvalue weighted by molar-refractivity contribution is 6.30. The molecule has 16 heavy (non-hydrogen) atoms.